The molecule has 0 saturated heterocycles. The molecule has 3 N–H and O–H groups in total. The van der Waals surface area contributed by atoms with Crippen LogP contribution in [0, 0.1) is 0 Å². The fourth-order valence-electron chi connectivity index (χ4n) is 1.32. The summed E-state index contributed by atoms with van der Waals surface area (Å²) in [5.74, 6) is -0.0978. The number of benzene rings is 1. The summed E-state index contributed by atoms with van der Waals surface area (Å²) in [5, 5.41) is 2.86. The van der Waals surface area contributed by atoms with Crippen LogP contribution in [0.3, 0.4) is 0 Å². The Morgan fingerprint density at radius 1 is 1.33 bits per heavy atom. The lowest BCUT2D eigenvalue weighted by Crippen LogP contribution is -2.39. The van der Waals surface area contributed by atoms with Gasteiger partial charge in [-0.2, -0.15) is 0 Å². The van der Waals surface area contributed by atoms with E-state index in [1.54, 1.807) is 0 Å². The minimum atomic E-state index is -0.125. The summed E-state index contributed by atoms with van der Waals surface area (Å²) in [7, 11) is 0. The summed E-state index contributed by atoms with van der Waals surface area (Å²) in [6, 6.07) is 9.76. The lowest BCUT2D eigenvalue weighted by molar-refractivity contribution is -0.122. The molecule has 2 atom stereocenters. The molecule has 0 aliphatic carbocycles. The van der Waals surface area contributed by atoms with E-state index in [1.807, 2.05) is 44.2 Å². The highest BCUT2D eigenvalue weighted by Gasteiger charge is 2.15. The SMILES string of the molecule is CC(C(=O)N[C@H](C)CN)c1ccccc1. The molecule has 0 spiro atoms. The average molecular weight is 206 g/mol. The van der Waals surface area contributed by atoms with Crippen molar-refractivity contribution in [3.8, 4) is 0 Å². The van der Waals surface area contributed by atoms with Crippen molar-refractivity contribution in [3.05, 3.63) is 35.9 Å². The first-order valence-corrected chi connectivity index (χ1v) is 5.20. The summed E-state index contributed by atoms with van der Waals surface area (Å²) < 4.78 is 0. The zero-order chi connectivity index (χ0) is 11.3. The predicted octanol–water partition coefficient (Wildman–Crippen LogP) is 1.25. The van der Waals surface area contributed by atoms with Crippen LogP contribution in [-0.2, 0) is 4.79 Å². The average Bonchev–Trinajstić information content (AvgIpc) is 2.29. The number of carbonyl (C=O) groups excluding carboxylic acids is 1. The monoisotopic (exact) mass is 206 g/mol. The van der Waals surface area contributed by atoms with Gasteiger partial charge in [0.1, 0.15) is 0 Å². The molecule has 0 saturated carbocycles. The van der Waals surface area contributed by atoms with Crippen LogP contribution in [0.2, 0.25) is 0 Å². The second-order valence-corrected chi connectivity index (χ2v) is 3.78. The molecule has 0 aliphatic rings. The summed E-state index contributed by atoms with van der Waals surface area (Å²) in [4.78, 5) is 11.7. The van der Waals surface area contributed by atoms with Gasteiger partial charge in [-0.1, -0.05) is 30.3 Å². The van der Waals surface area contributed by atoms with Gasteiger partial charge in [0.15, 0.2) is 0 Å². The van der Waals surface area contributed by atoms with Crippen molar-refractivity contribution in [2.45, 2.75) is 25.8 Å². The van der Waals surface area contributed by atoms with Gasteiger partial charge in [-0.15, -0.1) is 0 Å². The highest BCUT2D eigenvalue weighted by Crippen LogP contribution is 2.14. The zero-order valence-corrected chi connectivity index (χ0v) is 9.23. The van der Waals surface area contributed by atoms with Crippen LogP contribution >= 0.6 is 0 Å². The van der Waals surface area contributed by atoms with Crippen LogP contribution in [0.1, 0.15) is 25.3 Å². The molecule has 0 aromatic heterocycles. The Bertz CT molecular complexity index is 311. The molecule has 0 bridgehead atoms. The van der Waals surface area contributed by atoms with Gasteiger partial charge in [-0.3, -0.25) is 4.79 Å². The molecule has 3 nitrogen and oxygen atoms in total. The van der Waals surface area contributed by atoms with Crippen LogP contribution in [0.25, 0.3) is 0 Å². The quantitative estimate of drug-likeness (QED) is 0.779. The van der Waals surface area contributed by atoms with E-state index in [4.69, 9.17) is 5.73 Å². The van der Waals surface area contributed by atoms with Gasteiger partial charge in [-0.05, 0) is 19.4 Å². The number of hydrogen-bond donors (Lipinski definition) is 2. The summed E-state index contributed by atoms with van der Waals surface area (Å²) in [6.07, 6.45) is 0. The van der Waals surface area contributed by atoms with E-state index in [-0.39, 0.29) is 17.9 Å². The van der Waals surface area contributed by atoms with Gasteiger partial charge >= 0.3 is 0 Å². The number of nitrogens with one attached hydrogen (secondary N) is 1. The van der Waals surface area contributed by atoms with Crippen LogP contribution in [-0.4, -0.2) is 18.5 Å². The molecule has 1 aromatic carbocycles. The maximum absolute atomic E-state index is 11.7. The Balaban J connectivity index is 2.61. The van der Waals surface area contributed by atoms with E-state index in [9.17, 15) is 4.79 Å². The largest absolute Gasteiger partial charge is 0.352 e. The van der Waals surface area contributed by atoms with E-state index in [0.29, 0.717) is 6.54 Å². The maximum atomic E-state index is 11.7. The van der Waals surface area contributed by atoms with Gasteiger partial charge in [0, 0.05) is 12.6 Å². The number of hydrogen-bond acceptors (Lipinski definition) is 2. The normalized spacial score (nSPS) is 14.3. The van der Waals surface area contributed by atoms with E-state index in [2.05, 4.69) is 5.32 Å². The summed E-state index contributed by atoms with van der Waals surface area (Å²) in [5.41, 5.74) is 6.47. The Hall–Kier alpha value is -1.35. The van der Waals surface area contributed by atoms with E-state index in [0.717, 1.165) is 5.56 Å². The van der Waals surface area contributed by atoms with Crippen LogP contribution in [0.5, 0.6) is 0 Å². The van der Waals surface area contributed by atoms with Crippen molar-refractivity contribution >= 4 is 5.91 Å². The fraction of sp³-hybridized carbons (Fsp3) is 0.417. The van der Waals surface area contributed by atoms with Crippen molar-refractivity contribution < 1.29 is 4.79 Å². The van der Waals surface area contributed by atoms with Crippen LogP contribution in [0.4, 0.5) is 0 Å². The summed E-state index contributed by atoms with van der Waals surface area (Å²) >= 11 is 0. The second kappa shape index (κ2) is 5.51. The zero-order valence-electron chi connectivity index (χ0n) is 9.23. The first-order valence-electron chi connectivity index (χ1n) is 5.20. The lowest BCUT2D eigenvalue weighted by Gasteiger charge is -2.16. The Labute approximate surface area is 90.7 Å². The van der Waals surface area contributed by atoms with Crippen molar-refractivity contribution in [1.82, 2.24) is 5.32 Å². The minimum Gasteiger partial charge on any atom is -0.352 e. The third-order valence-electron chi connectivity index (χ3n) is 2.44. The Morgan fingerprint density at radius 2 is 1.93 bits per heavy atom. The van der Waals surface area contributed by atoms with Crippen molar-refractivity contribution in [3.63, 3.8) is 0 Å². The second-order valence-electron chi connectivity index (χ2n) is 3.78. The van der Waals surface area contributed by atoms with Gasteiger partial charge in [0.2, 0.25) is 5.91 Å². The highest BCUT2D eigenvalue weighted by molar-refractivity contribution is 5.83. The molecule has 0 aliphatic heterocycles. The Morgan fingerprint density at radius 3 is 2.47 bits per heavy atom. The van der Waals surface area contributed by atoms with Crippen molar-refractivity contribution in [2.75, 3.05) is 6.54 Å². The fourth-order valence-corrected chi connectivity index (χ4v) is 1.32. The van der Waals surface area contributed by atoms with Crippen molar-refractivity contribution in [1.29, 1.82) is 0 Å². The van der Waals surface area contributed by atoms with E-state index in [1.165, 1.54) is 0 Å². The molecule has 1 amide bonds. The molecule has 1 rings (SSSR count). The topological polar surface area (TPSA) is 55.1 Å². The van der Waals surface area contributed by atoms with Gasteiger partial charge in [0.25, 0.3) is 0 Å². The number of nitrogens with two attached hydrogens (primary N) is 1. The highest BCUT2D eigenvalue weighted by atomic mass is 16.1. The standard InChI is InChI=1S/C12H18N2O/c1-9(8-13)14-12(15)10(2)11-6-4-3-5-7-11/h3-7,9-10H,8,13H2,1-2H3,(H,14,15)/t9-,10?/m1/s1. The molecule has 3 heteroatoms. The number of amides is 1. The van der Waals surface area contributed by atoms with Gasteiger partial charge in [0.05, 0.1) is 5.92 Å². The first-order chi connectivity index (χ1) is 7.15. The lowest BCUT2D eigenvalue weighted by atomic mass is 10.0. The third kappa shape index (κ3) is 3.36. The van der Waals surface area contributed by atoms with Crippen LogP contribution < -0.4 is 11.1 Å². The first kappa shape index (κ1) is 11.7. The molecule has 0 fully saturated rings. The molecule has 1 aromatic rings. The molecule has 82 valence electrons. The van der Waals surface area contributed by atoms with E-state index < -0.39 is 0 Å². The van der Waals surface area contributed by atoms with Gasteiger partial charge < -0.3 is 11.1 Å². The van der Waals surface area contributed by atoms with Crippen molar-refractivity contribution in [2.24, 2.45) is 5.73 Å². The maximum Gasteiger partial charge on any atom is 0.227 e. The predicted molar refractivity (Wildman–Crippen MR) is 61.5 cm³/mol. The minimum absolute atomic E-state index is 0.0270. The molecule has 1 unspecified atom stereocenters. The molecule has 0 heterocycles. The van der Waals surface area contributed by atoms with E-state index >= 15 is 0 Å². The van der Waals surface area contributed by atoms with Gasteiger partial charge in [-0.25, -0.2) is 0 Å². The third-order valence-corrected chi connectivity index (χ3v) is 2.44. The molecular weight excluding hydrogens is 188 g/mol. The summed E-state index contributed by atoms with van der Waals surface area (Å²) in [6.45, 7) is 4.26. The van der Waals surface area contributed by atoms with Crippen LogP contribution in [0.15, 0.2) is 30.3 Å². The Kier molecular flexibility index (Phi) is 4.31. The smallest absolute Gasteiger partial charge is 0.227 e. The number of carbonyl (C=O) groups is 1. The number of rotatable bonds is 4. The molecular formula is C12H18N2O. The molecule has 0 radical (unpaired) electrons. The molecule has 15 heavy (non-hydrogen) atoms.